The molecule has 4 rings (SSSR count). The number of H-pyrrole nitrogens is 1. The molecule has 24 heavy (non-hydrogen) atoms. The Labute approximate surface area is 142 Å². The van der Waals surface area contributed by atoms with E-state index in [1.165, 1.54) is 5.56 Å². The fraction of sp³-hybridized carbons (Fsp3) is 0.526. The number of aromatic nitrogens is 3. The quantitative estimate of drug-likeness (QED) is 0.940. The lowest BCUT2D eigenvalue weighted by atomic mass is 9.91. The number of carbonyl (C=O) groups excluding carboxylic acids is 1. The first-order chi connectivity index (χ1) is 11.7. The van der Waals surface area contributed by atoms with E-state index in [2.05, 4.69) is 39.1 Å². The Balaban J connectivity index is 1.42. The molecular formula is C19H24N4O. The van der Waals surface area contributed by atoms with Crippen LogP contribution in [0.25, 0.3) is 0 Å². The minimum atomic E-state index is -0.242. The highest BCUT2D eigenvalue weighted by molar-refractivity contribution is 5.91. The van der Waals surface area contributed by atoms with Crippen molar-refractivity contribution in [3.8, 4) is 0 Å². The van der Waals surface area contributed by atoms with Gasteiger partial charge in [-0.15, -0.1) is 0 Å². The van der Waals surface area contributed by atoms with Crippen LogP contribution in [0.4, 0.5) is 0 Å². The number of nitrogens with zero attached hydrogens (tertiary/aromatic N) is 3. The molecule has 1 N–H and O–H groups in total. The summed E-state index contributed by atoms with van der Waals surface area (Å²) >= 11 is 0. The number of rotatable bonds is 4. The van der Waals surface area contributed by atoms with Crippen LogP contribution in [0.1, 0.15) is 55.7 Å². The summed E-state index contributed by atoms with van der Waals surface area (Å²) in [5.41, 5.74) is 0.937. The molecule has 1 aliphatic carbocycles. The first kappa shape index (κ1) is 15.4. The van der Waals surface area contributed by atoms with E-state index in [1.807, 2.05) is 18.2 Å². The number of aromatic amines is 1. The second kappa shape index (κ2) is 6.04. The molecule has 5 nitrogen and oxygen atoms in total. The van der Waals surface area contributed by atoms with Gasteiger partial charge in [0, 0.05) is 25.4 Å². The zero-order valence-corrected chi connectivity index (χ0v) is 14.2. The van der Waals surface area contributed by atoms with Gasteiger partial charge in [-0.25, -0.2) is 4.98 Å². The van der Waals surface area contributed by atoms with Gasteiger partial charge >= 0.3 is 0 Å². The number of benzene rings is 1. The fourth-order valence-corrected chi connectivity index (χ4v) is 3.80. The summed E-state index contributed by atoms with van der Waals surface area (Å²) in [6.45, 7) is 3.70. The van der Waals surface area contributed by atoms with Gasteiger partial charge in [-0.2, -0.15) is 5.10 Å². The number of nitrogens with one attached hydrogen (secondary N) is 1. The van der Waals surface area contributed by atoms with Crippen molar-refractivity contribution in [3.63, 3.8) is 0 Å². The van der Waals surface area contributed by atoms with Crippen LogP contribution >= 0.6 is 0 Å². The SMILES string of the molecule is CCc1nc(C2CCN(C(=O)C3(c4ccccc4)CC3)CC2)n[nH]1. The molecule has 2 aliphatic rings. The van der Waals surface area contributed by atoms with Crippen molar-refractivity contribution >= 4 is 5.91 Å². The highest BCUT2D eigenvalue weighted by atomic mass is 16.2. The third-order valence-electron chi connectivity index (χ3n) is 5.52. The minimum Gasteiger partial charge on any atom is -0.342 e. The van der Waals surface area contributed by atoms with Crippen molar-refractivity contribution in [2.45, 2.75) is 50.4 Å². The molecule has 2 fully saturated rings. The standard InChI is InChI=1S/C19H24N4O/c1-2-16-20-17(22-21-16)14-8-12-23(13-9-14)18(24)19(10-11-19)15-6-4-3-5-7-15/h3-7,14H,2,8-13H2,1H3,(H,20,21,22). The molecule has 1 saturated carbocycles. The van der Waals surface area contributed by atoms with E-state index < -0.39 is 0 Å². The first-order valence-electron chi connectivity index (χ1n) is 8.99. The summed E-state index contributed by atoms with van der Waals surface area (Å²) in [6, 6.07) is 10.3. The Morgan fingerprint density at radius 2 is 1.96 bits per heavy atom. The molecule has 0 bridgehead atoms. The zero-order valence-electron chi connectivity index (χ0n) is 14.2. The Bertz CT molecular complexity index is 712. The van der Waals surface area contributed by atoms with Crippen molar-refractivity contribution in [3.05, 3.63) is 47.5 Å². The molecular weight excluding hydrogens is 300 g/mol. The van der Waals surface area contributed by atoms with E-state index in [9.17, 15) is 4.79 Å². The maximum absolute atomic E-state index is 13.1. The number of aryl methyl sites for hydroxylation is 1. The van der Waals surface area contributed by atoms with Crippen molar-refractivity contribution < 1.29 is 4.79 Å². The Hall–Kier alpha value is -2.17. The molecule has 0 atom stereocenters. The van der Waals surface area contributed by atoms with Crippen LogP contribution in [0.15, 0.2) is 30.3 Å². The number of piperidine rings is 1. The first-order valence-corrected chi connectivity index (χ1v) is 8.99. The Morgan fingerprint density at radius 1 is 1.25 bits per heavy atom. The lowest BCUT2D eigenvalue weighted by molar-refractivity contribution is -0.135. The Kier molecular flexibility index (Phi) is 3.87. The maximum Gasteiger partial charge on any atom is 0.233 e. The van der Waals surface area contributed by atoms with Crippen LogP contribution in [0, 0.1) is 0 Å². The lowest BCUT2D eigenvalue weighted by Gasteiger charge is -2.33. The molecule has 1 aromatic carbocycles. The largest absolute Gasteiger partial charge is 0.342 e. The number of hydrogen-bond acceptors (Lipinski definition) is 3. The number of likely N-dealkylation sites (tertiary alicyclic amines) is 1. The van der Waals surface area contributed by atoms with Crippen LogP contribution in [0.2, 0.25) is 0 Å². The second-order valence-corrected chi connectivity index (χ2v) is 7.01. The zero-order chi connectivity index (χ0) is 16.6. The predicted molar refractivity (Wildman–Crippen MR) is 91.7 cm³/mol. The molecule has 2 heterocycles. The van der Waals surface area contributed by atoms with Crippen LogP contribution in [0.5, 0.6) is 0 Å². The molecule has 0 radical (unpaired) electrons. The molecule has 126 valence electrons. The van der Waals surface area contributed by atoms with E-state index in [0.29, 0.717) is 11.8 Å². The van der Waals surface area contributed by atoms with Gasteiger partial charge in [-0.3, -0.25) is 9.89 Å². The topological polar surface area (TPSA) is 61.9 Å². The Morgan fingerprint density at radius 3 is 2.54 bits per heavy atom. The third-order valence-corrected chi connectivity index (χ3v) is 5.52. The van der Waals surface area contributed by atoms with Gasteiger partial charge in [0.25, 0.3) is 0 Å². The molecule has 0 spiro atoms. The fourth-order valence-electron chi connectivity index (χ4n) is 3.80. The van der Waals surface area contributed by atoms with E-state index in [4.69, 9.17) is 0 Å². The smallest absolute Gasteiger partial charge is 0.233 e. The van der Waals surface area contributed by atoms with Crippen molar-refractivity contribution in [1.82, 2.24) is 20.1 Å². The third kappa shape index (κ3) is 2.62. The van der Waals surface area contributed by atoms with Crippen LogP contribution in [0.3, 0.4) is 0 Å². The molecule has 2 aromatic rings. The highest BCUT2D eigenvalue weighted by Gasteiger charge is 2.53. The molecule has 1 aromatic heterocycles. The summed E-state index contributed by atoms with van der Waals surface area (Å²) in [7, 11) is 0. The number of hydrogen-bond donors (Lipinski definition) is 1. The predicted octanol–water partition coefficient (Wildman–Crippen LogP) is 2.80. The van der Waals surface area contributed by atoms with E-state index in [1.54, 1.807) is 0 Å². The van der Waals surface area contributed by atoms with Gasteiger partial charge in [0.1, 0.15) is 5.82 Å². The van der Waals surface area contributed by atoms with Crippen molar-refractivity contribution in [2.24, 2.45) is 0 Å². The highest BCUT2D eigenvalue weighted by Crippen LogP contribution is 2.50. The van der Waals surface area contributed by atoms with Gasteiger partial charge in [0.05, 0.1) is 5.41 Å². The molecule has 5 heteroatoms. The molecule has 1 aliphatic heterocycles. The number of carbonyl (C=O) groups is 1. The van der Waals surface area contributed by atoms with Gasteiger partial charge in [0.15, 0.2) is 5.82 Å². The van der Waals surface area contributed by atoms with Crippen LogP contribution < -0.4 is 0 Å². The summed E-state index contributed by atoms with van der Waals surface area (Å²) in [5.74, 6) is 2.56. The summed E-state index contributed by atoms with van der Waals surface area (Å²) in [5, 5.41) is 7.35. The lowest BCUT2D eigenvalue weighted by Crippen LogP contribution is -2.43. The summed E-state index contributed by atoms with van der Waals surface area (Å²) in [6.07, 6.45) is 4.76. The van der Waals surface area contributed by atoms with Crippen LogP contribution in [-0.2, 0) is 16.6 Å². The maximum atomic E-state index is 13.1. The van der Waals surface area contributed by atoms with Crippen molar-refractivity contribution in [2.75, 3.05) is 13.1 Å². The van der Waals surface area contributed by atoms with Crippen LogP contribution in [-0.4, -0.2) is 39.1 Å². The molecule has 0 unspecified atom stereocenters. The van der Waals surface area contributed by atoms with E-state index in [0.717, 1.165) is 56.8 Å². The van der Waals surface area contributed by atoms with Gasteiger partial charge in [-0.05, 0) is 31.2 Å². The minimum absolute atomic E-state index is 0.242. The van der Waals surface area contributed by atoms with Gasteiger partial charge in [0.2, 0.25) is 5.91 Å². The van der Waals surface area contributed by atoms with E-state index in [-0.39, 0.29) is 5.41 Å². The van der Waals surface area contributed by atoms with Crippen molar-refractivity contribution in [1.29, 1.82) is 0 Å². The summed E-state index contributed by atoms with van der Waals surface area (Å²) in [4.78, 5) is 19.7. The average Bonchev–Trinajstić information content (AvgIpc) is 3.32. The van der Waals surface area contributed by atoms with E-state index >= 15 is 0 Å². The number of amides is 1. The monoisotopic (exact) mass is 324 g/mol. The van der Waals surface area contributed by atoms with Gasteiger partial charge in [-0.1, -0.05) is 37.3 Å². The summed E-state index contributed by atoms with van der Waals surface area (Å²) < 4.78 is 0. The second-order valence-electron chi connectivity index (χ2n) is 7.01. The van der Waals surface area contributed by atoms with Gasteiger partial charge < -0.3 is 4.90 Å². The molecule has 1 saturated heterocycles. The average molecular weight is 324 g/mol. The molecule has 1 amide bonds. The normalized spacial score (nSPS) is 20.1.